The second-order valence-electron chi connectivity index (χ2n) is 19.5. The van der Waals surface area contributed by atoms with Crippen molar-refractivity contribution in [1.82, 2.24) is 20.4 Å². The lowest BCUT2D eigenvalue weighted by Gasteiger charge is -2.42. The first kappa shape index (κ1) is 47.3. The third-order valence-electron chi connectivity index (χ3n) is 12.3. The summed E-state index contributed by atoms with van der Waals surface area (Å²) in [7, 11) is 0. The number of rotatable bonds is 2. The van der Waals surface area contributed by atoms with Gasteiger partial charge < -0.3 is 58.3 Å². The van der Waals surface area contributed by atoms with Crippen LogP contribution in [-0.2, 0) is 38.0 Å². The first-order chi connectivity index (χ1) is 30.6. The average molecular weight is 893 g/mol. The molecule has 4 bridgehead atoms. The Balaban J connectivity index is 0.000000191. The van der Waals surface area contributed by atoms with Crippen LogP contribution >= 0.6 is 0 Å². The summed E-state index contributed by atoms with van der Waals surface area (Å²) in [5.74, 6) is 1.14. The summed E-state index contributed by atoms with van der Waals surface area (Å²) < 4.78 is 47.5. The SMILES string of the molecule is CC(C)(C)OC(=O)NC1CCCN2C(=O)COc3ccccc3[C@@H]3CC[C@@H](CO3)OCC12.CC(C)(C)OC(=O)NC1CCCN2C(=O)COc3ccccc3[C@H]3CC[C@H](CO3)OCC12. The molecular formula is C48H68N4O12. The number of carbonyl (C=O) groups is 4. The van der Waals surface area contributed by atoms with E-state index < -0.39 is 23.4 Å². The maximum Gasteiger partial charge on any atom is 0.407 e. The summed E-state index contributed by atoms with van der Waals surface area (Å²) in [6, 6.07) is 14.4. The molecule has 4 saturated heterocycles. The first-order valence-corrected chi connectivity index (χ1v) is 23.1. The van der Waals surface area contributed by atoms with E-state index in [-0.39, 0.29) is 73.6 Å². The number of carbonyl (C=O) groups excluding carboxylic acids is 4. The zero-order valence-corrected chi connectivity index (χ0v) is 38.3. The topological polar surface area (TPSA) is 173 Å². The molecular weight excluding hydrogens is 825 g/mol. The lowest BCUT2D eigenvalue weighted by atomic mass is 9.96. The van der Waals surface area contributed by atoms with E-state index in [1.54, 1.807) is 9.80 Å². The van der Waals surface area contributed by atoms with Crippen LogP contribution < -0.4 is 20.1 Å². The van der Waals surface area contributed by atoms with Crippen molar-refractivity contribution >= 4 is 24.0 Å². The van der Waals surface area contributed by atoms with Crippen LogP contribution in [0.1, 0.15) is 116 Å². The van der Waals surface area contributed by atoms with Crippen LogP contribution in [0.2, 0.25) is 0 Å². The van der Waals surface area contributed by atoms with Crippen molar-refractivity contribution < 1.29 is 57.1 Å². The zero-order valence-electron chi connectivity index (χ0n) is 38.3. The quantitative estimate of drug-likeness (QED) is 0.341. The van der Waals surface area contributed by atoms with Gasteiger partial charge in [-0.05, 0) is 105 Å². The molecule has 0 spiro atoms. The minimum Gasteiger partial charge on any atom is -0.483 e. The van der Waals surface area contributed by atoms with E-state index in [4.69, 9.17) is 37.9 Å². The van der Waals surface area contributed by atoms with E-state index in [0.717, 1.165) is 62.5 Å². The average Bonchev–Trinajstić information content (AvgIpc) is 3.28. The second kappa shape index (κ2) is 21.1. The molecule has 4 unspecified atom stereocenters. The number of nitrogens with one attached hydrogen (secondary N) is 2. The molecule has 64 heavy (non-hydrogen) atoms. The predicted octanol–water partition coefficient (Wildman–Crippen LogP) is 6.40. The number of benzene rings is 2. The van der Waals surface area contributed by atoms with Gasteiger partial charge in [-0.25, -0.2) is 9.59 Å². The van der Waals surface area contributed by atoms with Crippen molar-refractivity contribution in [3.8, 4) is 11.5 Å². The van der Waals surface area contributed by atoms with Crippen molar-refractivity contribution in [2.45, 2.75) is 153 Å². The largest absolute Gasteiger partial charge is 0.483 e. The van der Waals surface area contributed by atoms with Gasteiger partial charge in [0, 0.05) is 24.2 Å². The number of alkyl carbamates (subject to hydrolysis) is 2. The number of para-hydroxylation sites is 2. The fourth-order valence-electron chi connectivity index (χ4n) is 9.28. The van der Waals surface area contributed by atoms with E-state index in [2.05, 4.69) is 10.6 Å². The van der Waals surface area contributed by atoms with Crippen LogP contribution in [0.25, 0.3) is 0 Å². The molecule has 352 valence electrons. The van der Waals surface area contributed by atoms with Gasteiger partial charge in [0.2, 0.25) is 0 Å². The van der Waals surface area contributed by atoms with Crippen LogP contribution in [0.15, 0.2) is 48.5 Å². The second-order valence-corrected chi connectivity index (χ2v) is 19.5. The van der Waals surface area contributed by atoms with Crippen LogP contribution in [0.3, 0.4) is 0 Å². The fraction of sp³-hybridized carbons (Fsp3) is 0.667. The summed E-state index contributed by atoms with van der Waals surface area (Å²) in [5.41, 5.74) is 0.759. The van der Waals surface area contributed by atoms with Gasteiger partial charge >= 0.3 is 12.2 Å². The van der Waals surface area contributed by atoms with Crippen molar-refractivity contribution in [3.05, 3.63) is 59.7 Å². The zero-order chi connectivity index (χ0) is 45.4. The maximum atomic E-state index is 13.2. The number of hydrogen-bond donors (Lipinski definition) is 2. The van der Waals surface area contributed by atoms with Gasteiger partial charge in [-0.1, -0.05) is 36.4 Å². The van der Waals surface area contributed by atoms with Crippen molar-refractivity contribution in [2.75, 3.05) is 52.7 Å². The Kier molecular flexibility index (Phi) is 15.6. The molecule has 4 amide bonds. The smallest absolute Gasteiger partial charge is 0.407 e. The molecule has 8 heterocycles. The molecule has 0 radical (unpaired) electrons. The van der Waals surface area contributed by atoms with E-state index in [1.165, 1.54) is 0 Å². The van der Waals surface area contributed by atoms with Gasteiger partial charge in [-0.15, -0.1) is 0 Å². The number of piperidine rings is 2. The number of nitrogens with zero attached hydrogens (tertiary/aromatic N) is 2. The van der Waals surface area contributed by atoms with Gasteiger partial charge in [0.15, 0.2) is 13.2 Å². The summed E-state index contributed by atoms with van der Waals surface area (Å²) in [6.45, 7) is 13.7. The van der Waals surface area contributed by atoms with Crippen molar-refractivity contribution in [2.24, 2.45) is 0 Å². The standard InChI is InChI=1S/2C24H34N2O6/c2*1-24(2,3)32-23(28)25-18-8-6-12-26-19(18)14-29-16-10-11-21(30-13-16)17-7-4-5-9-20(17)31-15-22(26)27/h2*4-5,7,9,16,18-19,21H,6,8,10-15H2,1-3H3,(H,25,28)/t2*16-,18?,19?,21-/m10/s1. The Hall–Kier alpha value is -4.64. The molecule has 16 nitrogen and oxygen atoms in total. The molecule has 8 aliphatic heterocycles. The van der Waals surface area contributed by atoms with E-state index in [9.17, 15) is 19.2 Å². The molecule has 8 atom stereocenters. The van der Waals surface area contributed by atoms with Crippen LogP contribution in [0, 0.1) is 0 Å². The highest BCUT2D eigenvalue weighted by Gasteiger charge is 2.40. The van der Waals surface area contributed by atoms with Crippen molar-refractivity contribution in [3.63, 3.8) is 0 Å². The van der Waals surface area contributed by atoms with Crippen LogP contribution in [0.5, 0.6) is 11.5 Å². The highest BCUT2D eigenvalue weighted by Crippen LogP contribution is 2.37. The summed E-state index contributed by atoms with van der Waals surface area (Å²) in [6.07, 6.45) is 5.30. The summed E-state index contributed by atoms with van der Waals surface area (Å²) in [4.78, 5) is 54.8. The Labute approximate surface area is 377 Å². The van der Waals surface area contributed by atoms with Gasteiger partial charge in [-0.3, -0.25) is 9.59 Å². The molecule has 2 aromatic carbocycles. The molecule has 8 aliphatic rings. The third kappa shape index (κ3) is 12.8. The minimum atomic E-state index is -0.591. The van der Waals surface area contributed by atoms with Gasteiger partial charge in [0.05, 0.1) is 75.0 Å². The minimum absolute atomic E-state index is 0.0406. The van der Waals surface area contributed by atoms with Gasteiger partial charge in [0.25, 0.3) is 11.8 Å². The molecule has 0 saturated carbocycles. The summed E-state index contributed by atoms with van der Waals surface area (Å²) >= 11 is 0. The molecule has 10 rings (SSSR count). The van der Waals surface area contributed by atoms with E-state index >= 15 is 0 Å². The predicted molar refractivity (Wildman–Crippen MR) is 235 cm³/mol. The normalized spacial score (nSPS) is 28.8. The Bertz CT molecular complexity index is 1770. The number of fused-ring (bicyclic) bond motifs is 10. The number of hydrogen-bond acceptors (Lipinski definition) is 12. The first-order valence-electron chi connectivity index (χ1n) is 23.1. The Morgan fingerprint density at radius 3 is 1.34 bits per heavy atom. The molecule has 2 N–H and O–H groups in total. The van der Waals surface area contributed by atoms with Gasteiger partial charge in [0.1, 0.15) is 22.7 Å². The Morgan fingerprint density at radius 2 is 0.969 bits per heavy atom. The van der Waals surface area contributed by atoms with E-state index in [1.807, 2.05) is 90.1 Å². The van der Waals surface area contributed by atoms with Crippen LogP contribution in [-0.4, -0.2) is 134 Å². The monoisotopic (exact) mass is 892 g/mol. The highest BCUT2D eigenvalue weighted by molar-refractivity contribution is 5.79. The summed E-state index contributed by atoms with van der Waals surface area (Å²) in [5, 5.41) is 5.94. The lowest BCUT2D eigenvalue weighted by Crippen LogP contribution is -2.60. The highest BCUT2D eigenvalue weighted by atomic mass is 16.6. The molecule has 16 heteroatoms. The van der Waals surface area contributed by atoms with Gasteiger partial charge in [-0.2, -0.15) is 0 Å². The third-order valence-corrected chi connectivity index (χ3v) is 12.3. The number of amides is 4. The van der Waals surface area contributed by atoms with Crippen LogP contribution in [0.4, 0.5) is 9.59 Å². The van der Waals surface area contributed by atoms with E-state index in [0.29, 0.717) is 51.0 Å². The fourth-order valence-corrected chi connectivity index (χ4v) is 9.28. The molecule has 2 aromatic rings. The number of ether oxygens (including phenoxy) is 8. The lowest BCUT2D eigenvalue weighted by molar-refractivity contribution is -0.143. The van der Waals surface area contributed by atoms with Crippen molar-refractivity contribution in [1.29, 1.82) is 0 Å². The Morgan fingerprint density at radius 1 is 0.562 bits per heavy atom. The molecule has 4 fully saturated rings. The maximum absolute atomic E-state index is 13.2. The molecule has 0 aromatic heterocycles. The molecule has 0 aliphatic carbocycles.